The Kier molecular flexibility index (Phi) is 4.11. The van der Waals surface area contributed by atoms with E-state index >= 15 is 0 Å². The number of aromatic nitrogens is 1. The average Bonchev–Trinajstić information content (AvgIpc) is 2.31. The molecule has 1 rings (SSSR count). The summed E-state index contributed by atoms with van der Waals surface area (Å²) in [5, 5.41) is 19.6. The van der Waals surface area contributed by atoms with Gasteiger partial charge in [-0.25, -0.2) is 0 Å². The van der Waals surface area contributed by atoms with Crippen LogP contribution in [-0.2, 0) is 9.53 Å². The van der Waals surface area contributed by atoms with Crippen molar-refractivity contribution in [3.63, 3.8) is 0 Å². The lowest BCUT2D eigenvalue weighted by Gasteiger charge is -2.07. The smallest absolute Gasteiger partial charge is 0.329 e. The van der Waals surface area contributed by atoms with Gasteiger partial charge in [-0.2, -0.15) is 5.26 Å². The van der Waals surface area contributed by atoms with Gasteiger partial charge in [0.2, 0.25) is 0 Å². The molecule has 0 fully saturated rings. The molecule has 0 spiro atoms. The van der Waals surface area contributed by atoms with Gasteiger partial charge in [0.15, 0.2) is 5.92 Å². The van der Waals surface area contributed by atoms with Gasteiger partial charge in [-0.05, 0) is 13.0 Å². The minimum absolute atomic E-state index is 0.0949. The first kappa shape index (κ1) is 12.6. The number of rotatable bonds is 4. The van der Waals surface area contributed by atoms with Crippen LogP contribution in [0.15, 0.2) is 18.3 Å². The molecule has 17 heavy (non-hydrogen) atoms. The molecule has 0 aromatic carbocycles. The molecule has 0 aliphatic rings. The number of hydrogen-bond acceptors (Lipinski definition) is 6. The van der Waals surface area contributed by atoms with Gasteiger partial charge in [-0.15, -0.1) is 0 Å². The van der Waals surface area contributed by atoms with Gasteiger partial charge < -0.3 is 4.74 Å². The van der Waals surface area contributed by atoms with Crippen LogP contribution in [0.2, 0.25) is 0 Å². The van der Waals surface area contributed by atoms with Crippen molar-refractivity contribution < 1.29 is 14.5 Å². The standard InChI is InChI=1S/C10H9N3O4/c1-2-17-10(14)7(6-11)9-8(13(15)16)4-3-5-12-9/h3-5,7H,2H2,1H3/t7-/m1/s1. The van der Waals surface area contributed by atoms with Crippen molar-refractivity contribution in [2.24, 2.45) is 0 Å². The fourth-order valence-electron chi connectivity index (χ4n) is 1.24. The zero-order valence-corrected chi connectivity index (χ0v) is 8.99. The van der Waals surface area contributed by atoms with E-state index in [0.29, 0.717) is 0 Å². The second kappa shape index (κ2) is 5.55. The van der Waals surface area contributed by atoms with Gasteiger partial charge in [0, 0.05) is 12.3 Å². The maximum absolute atomic E-state index is 11.4. The third kappa shape index (κ3) is 2.75. The van der Waals surface area contributed by atoms with E-state index in [1.807, 2.05) is 0 Å². The topological polar surface area (TPSA) is 106 Å². The van der Waals surface area contributed by atoms with E-state index in [1.165, 1.54) is 18.3 Å². The maximum atomic E-state index is 11.4. The second-order valence-electron chi connectivity index (χ2n) is 2.98. The summed E-state index contributed by atoms with van der Waals surface area (Å²) in [5.74, 6) is -2.21. The van der Waals surface area contributed by atoms with Crippen LogP contribution < -0.4 is 0 Å². The van der Waals surface area contributed by atoms with Gasteiger partial charge in [0.1, 0.15) is 5.69 Å². The van der Waals surface area contributed by atoms with Crippen LogP contribution in [0.5, 0.6) is 0 Å². The minimum atomic E-state index is -1.38. The highest BCUT2D eigenvalue weighted by molar-refractivity contribution is 5.82. The van der Waals surface area contributed by atoms with Gasteiger partial charge in [0.05, 0.1) is 17.6 Å². The van der Waals surface area contributed by atoms with Gasteiger partial charge in [0.25, 0.3) is 5.69 Å². The molecule has 7 heteroatoms. The first-order valence-electron chi connectivity index (χ1n) is 4.77. The molecule has 7 nitrogen and oxygen atoms in total. The summed E-state index contributed by atoms with van der Waals surface area (Å²) in [5.41, 5.74) is -0.564. The molecule has 0 aliphatic heterocycles. The Morgan fingerprint density at radius 1 is 1.76 bits per heavy atom. The van der Waals surface area contributed by atoms with Crippen LogP contribution in [0, 0.1) is 21.4 Å². The van der Waals surface area contributed by atoms with Crippen molar-refractivity contribution >= 4 is 11.7 Å². The van der Waals surface area contributed by atoms with Crippen LogP contribution in [0.4, 0.5) is 5.69 Å². The summed E-state index contributed by atoms with van der Waals surface area (Å²) in [4.78, 5) is 25.2. The molecule has 0 saturated heterocycles. The molecule has 88 valence electrons. The third-order valence-electron chi connectivity index (χ3n) is 1.94. The Labute approximate surface area is 96.8 Å². The van der Waals surface area contributed by atoms with E-state index in [2.05, 4.69) is 9.72 Å². The van der Waals surface area contributed by atoms with Gasteiger partial charge in [-0.1, -0.05) is 0 Å². The molecule has 1 aromatic heterocycles. The highest BCUT2D eigenvalue weighted by Gasteiger charge is 2.30. The average molecular weight is 235 g/mol. The number of nitrogens with zero attached hydrogens (tertiary/aromatic N) is 3. The van der Waals surface area contributed by atoms with Crippen molar-refractivity contribution in [3.8, 4) is 6.07 Å². The zero-order chi connectivity index (χ0) is 12.8. The Hall–Kier alpha value is -2.49. The summed E-state index contributed by atoms with van der Waals surface area (Å²) in [6, 6.07) is 4.21. The highest BCUT2D eigenvalue weighted by Crippen LogP contribution is 2.24. The lowest BCUT2D eigenvalue weighted by atomic mass is 10.1. The molecule has 1 aromatic rings. The largest absolute Gasteiger partial charge is 0.465 e. The third-order valence-corrected chi connectivity index (χ3v) is 1.94. The highest BCUT2D eigenvalue weighted by atomic mass is 16.6. The van der Waals surface area contributed by atoms with Gasteiger partial charge >= 0.3 is 5.97 Å². The molecule has 1 atom stereocenters. The summed E-state index contributed by atoms with van der Waals surface area (Å²) >= 11 is 0. The molecule has 0 bridgehead atoms. The lowest BCUT2D eigenvalue weighted by molar-refractivity contribution is -0.386. The molecule has 0 saturated carbocycles. The van der Waals surface area contributed by atoms with Crippen molar-refractivity contribution in [1.29, 1.82) is 5.26 Å². The van der Waals surface area contributed by atoms with Crippen LogP contribution in [0.1, 0.15) is 18.5 Å². The van der Waals surface area contributed by atoms with E-state index in [4.69, 9.17) is 5.26 Å². The monoisotopic (exact) mass is 235 g/mol. The number of ether oxygens (including phenoxy) is 1. The van der Waals surface area contributed by atoms with Crippen LogP contribution >= 0.6 is 0 Å². The molecule has 0 unspecified atom stereocenters. The van der Waals surface area contributed by atoms with Gasteiger partial charge in [-0.3, -0.25) is 19.9 Å². The number of carbonyl (C=O) groups excluding carboxylic acids is 1. The number of nitriles is 1. The molecular weight excluding hydrogens is 226 g/mol. The van der Waals surface area contributed by atoms with Crippen LogP contribution in [0.3, 0.4) is 0 Å². The fourth-order valence-corrected chi connectivity index (χ4v) is 1.24. The van der Waals surface area contributed by atoms with Crippen LogP contribution in [0.25, 0.3) is 0 Å². The predicted molar refractivity (Wildman–Crippen MR) is 55.9 cm³/mol. The maximum Gasteiger partial charge on any atom is 0.329 e. The SMILES string of the molecule is CCOC(=O)[C@H](C#N)c1ncccc1[N+](=O)[O-]. The lowest BCUT2D eigenvalue weighted by Crippen LogP contribution is -2.17. The predicted octanol–water partition coefficient (Wildman–Crippen LogP) is 1.16. The number of hydrogen-bond donors (Lipinski definition) is 0. The first-order chi connectivity index (χ1) is 8.11. The quantitative estimate of drug-likeness (QED) is 0.440. The summed E-state index contributed by atoms with van der Waals surface area (Å²) in [6.45, 7) is 1.68. The first-order valence-corrected chi connectivity index (χ1v) is 4.77. The number of pyridine rings is 1. The molecule has 0 aliphatic carbocycles. The van der Waals surface area contributed by atoms with Crippen molar-refractivity contribution in [2.75, 3.05) is 6.61 Å². The summed E-state index contributed by atoms with van der Waals surface area (Å²) in [7, 11) is 0. The van der Waals surface area contributed by atoms with E-state index in [9.17, 15) is 14.9 Å². The second-order valence-corrected chi connectivity index (χ2v) is 2.98. The number of nitro groups is 1. The molecule has 0 amide bonds. The normalized spacial score (nSPS) is 11.3. The Balaban J connectivity index is 3.17. The van der Waals surface area contributed by atoms with E-state index in [1.54, 1.807) is 13.0 Å². The molecular formula is C10H9N3O4. The molecule has 0 N–H and O–H groups in total. The van der Waals surface area contributed by atoms with E-state index < -0.39 is 16.8 Å². The van der Waals surface area contributed by atoms with E-state index in [0.717, 1.165) is 0 Å². The zero-order valence-electron chi connectivity index (χ0n) is 8.99. The fraction of sp³-hybridized carbons (Fsp3) is 0.300. The molecule has 1 heterocycles. The van der Waals surface area contributed by atoms with Crippen molar-refractivity contribution in [1.82, 2.24) is 4.98 Å². The van der Waals surface area contributed by atoms with E-state index in [-0.39, 0.29) is 18.0 Å². The summed E-state index contributed by atoms with van der Waals surface area (Å²) < 4.78 is 4.66. The minimum Gasteiger partial charge on any atom is -0.465 e. The number of esters is 1. The van der Waals surface area contributed by atoms with Crippen molar-refractivity contribution in [3.05, 3.63) is 34.1 Å². The van der Waals surface area contributed by atoms with Crippen molar-refractivity contribution in [2.45, 2.75) is 12.8 Å². The summed E-state index contributed by atoms with van der Waals surface area (Å²) in [6.07, 6.45) is 1.28. The Bertz CT molecular complexity index is 481. The Morgan fingerprint density at radius 3 is 3.00 bits per heavy atom. The van der Waals surface area contributed by atoms with Crippen LogP contribution in [-0.4, -0.2) is 22.5 Å². The molecule has 0 radical (unpaired) electrons. The number of carbonyl (C=O) groups is 1. The Morgan fingerprint density at radius 2 is 2.47 bits per heavy atom.